The standard InChI is InChI=1S/C18H26N2O4/c21-17(22)13-18(23)7-1-14(2-8-18)15-5-11-20(12-6-15)24-16-3-9-19-10-4-16/h3-4,9-10,14-15,23H,1-2,5-8,11-13H2,(H,21,22). The third kappa shape index (κ3) is 4.45. The number of hydrogen-bond acceptors (Lipinski definition) is 5. The van der Waals surface area contributed by atoms with Crippen molar-refractivity contribution in [1.29, 1.82) is 0 Å². The molecule has 1 aliphatic heterocycles. The van der Waals surface area contributed by atoms with Crippen LogP contribution >= 0.6 is 0 Å². The number of carboxylic acids is 1. The van der Waals surface area contributed by atoms with Gasteiger partial charge in [0.1, 0.15) is 0 Å². The number of carbonyl (C=O) groups is 1. The van der Waals surface area contributed by atoms with Gasteiger partial charge in [-0.2, -0.15) is 0 Å². The second-order valence-corrected chi connectivity index (χ2v) is 7.17. The summed E-state index contributed by atoms with van der Waals surface area (Å²) in [5.41, 5.74) is -0.993. The number of aliphatic carboxylic acids is 1. The van der Waals surface area contributed by atoms with E-state index in [4.69, 9.17) is 9.94 Å². The van der Waals surface area contributed by atoms with Crippen LogP contribution in [-0.4, -0.2) is 44.9 Å². The predicted molar refractivity (Wildman–Crippen MR) is 88.3 cm³/mol. The number of carboxylic acid groups (broad SMARTS) is 1. The molecule has 1 saturated carbocycles. The van der Waals surface area contributed by atoms with Crippen molar-refractivity contribution in [2.75, 3.05) is 13.1 Å². The lowest BCUT2D eigenvalue weighted by molar-refractivity contribution is -0.144. The Morgan fingerprint density at radius 3 is 2.33 bits per heavy atom. The predicted octanol–water partition coefficient (Wildman–Crippen LogP) is 2.48. The van der Waals surface area contributed by atoms with Crippen molar-refractivity contribution in [2.45, 2.75) is 50.5 Å². The molecule has 24 heavy (non-hydrogen) atoms. The van der Waals surface area contributed by atoms with Crippen LogP contribution in [0.2, 0.25) is 0 Å². The molecule has 2 fully saturated rings. The summed E-state index contributed by atoms with van der Waals surface area (Å²) in [6, 6.07) is 3.72. The third-order valence-electron chi connectivity index (χ3n) is 5.49. The molecule has 2 aliphatic rings. The van der Waals surface area contributed by atoms with Crippen LogP contribution in [0, 0.1) is 11.8 Å². The van der Waals surface area contributed by atoms with Gasteiger partial charge >= 0.3 is 5.97 Å². The van der Waals surface area contributed by atoms with E-state index in [0.717, 1.165) is 44.5 Å². The number of aromatic nitrogens is 1. The summed E-state index contributed by atoms with van der Waals surface area (Å²) >= 11 is 0. The third-order valence-corrected chi connectivity index (χ3v) is 5.49. The van der Waals surface area contributed by atoms with Gasteiger partial charge in [-0.15, -0.1) is 5.06 Å². The fraction of sp³-hybridized carbons (Fsp3) is 0.667. The van der Waals surface area contributed by atoms with Crippen LogP contribution in [0.4, 0.5) is 0 Å². The van der Waals surface area contributed by atoms with Gasteiger partial charge in [-0.3, -0.25) is 9.78 Å². The van der Waals surface area contributed by atoms with E-state index < -0.39 is 11.6 Å². The molecular weight excluding hydrogens is 308 g/mol. The van der Waals surface area contributed by atoms with Crippen LogP contribution in [-0.2, 0) is 4.79 Å². The summed E-state index contributed by atoms with van der Waals surface area (Å²) < 4.78 is 0. The maximum absolute atomic E-state index is 10.9. The van der Waals surface area contributed by atoms with Crippen LogP contribution in [0.1, 0.15) is 44.9 Å². The number of pyridine rings is 1. The summed E-state index contributed by atoms with van der Waals surface area (Å²) in [5, 5.41) is 21.3. The molecule has 2 heterocycles. The topological polar surface area (TPSA) is 82.9 Å². The lowest BCUT2D eigenvalue weighted by Gasteiger charge is -2.41. The average Bonchev–Trinajstić information content (AvgIpc) is 2.56. The van der Waals surface area contributed by atoms with Crippen molar-refractivity contribution in [2.24, 2.45) is 11.8 Å². The molecular formula is C18H26N2O4. The highest BCUT2D eigenvalue weighted by molar-refractivity contribution is 5.68. The Bertz CT molecular complexity index is 535. The van der Waals surface area contributed by atoms with Gasteiger partial charge < -0.3 is 15.1 Å². The fourth-order valence-corrected chi connectivity index (χ4v) is 4.09. The fourth-order valence-electron chi connectivity index (χ4n) is 4.09. The second-order valence-electron chi connectivity index (χ2n) is 7.17. The zero-order valence-corrected chi connectivity index (χ0v) is 13.9. The highest BCUT2D eigenvalue weighted by atomic mass is 16.7. The minimum Gasteiger partial charge on any atom is -0.481 e. The Balaban J connectivity index is 1.43. The first-order chi connectivity index (χ1) is 11.5. The Kier molecular flexibility index (Phi) is 5.36. The van der Waals surface area contributed by atoms with Crippen molar-refractivity contribution < 1.29 is 19.8 Å². The molecule has 1 aliphatic carbocycles. The molecule has 0 unspecified atom stereocenters. The van der Waals surface area contributed by atoms with Gasteiger partial charge in [-0.25, -0.2) is 0 Å². The first-order valence-electron chi connectivity index (χ1n) is 8.81. The van der Waals surface area contributed by atoms with Crippen LogP contribution < -0.4 is 4.84 Å². The van der Waals surface area contributed by atoms with Crippen LogP contribution in [0.5, 0.6) is 5.75 Å². The van der Waals surface area contributed by atoms with Gasteiger partial charge in [0.2, 0.25) is 0 Å². The Morgan fingerprint density at radius 1 is 1.17 bits per heavy atom. The van der Waals surface area contributed by atoms with Gasteiger partial charge in [-0.1, -0.05) is 0 Å². The van der Waals surface area contributed by atoms with E-state index in [1.54, 1.807) is 12.4 Å². The summed E-state index contributed by atoms with van der Waals surface area (Å²) in [4.78, 5) is 20.7. The monoisotopic (exact) mass is 334 g/mol. The molecule has 1 aromatic heterocycles. The van der Waals surface area contributed by atoms with Gasteiger partial charge in [0.15, 0.2) is 5.75 Å². The molecule has 1 saturated heterocycles. The molecule has 1 aromatic rings. The highest BCUT2D eigenvalue weighted by Crippen LogP contribution is 2.40. The minimum absolute atomic E-state index is 0.127. The van der Waals surface area contributed by atoms with Gasteiger partial charge in [0.25, 0.3) is 0 Å². The molecule has 3 rings (SSSR count). The highest BCUT2D eigenvalue weighted by Gasteiger charge is 2.38. The number of hydroxylamine groups is 2. The SMILES string of the molecule is O=C(O)CC1(O)CCC(C2CCN(Oc3ccncc3)CC2)CC1. The normalized spacial score (nSPS) is 29.3. The molecule has 0 atom stereocenters. The summed E-state index contributed by atoms with van der Waals surface area (Å²) in [6.45, 7) is 1.81. The van der Waals surface area contributed by atoms with Crippen molar-refractivity contribution in [1.82, 2.24) is 10.0 Å². The van der Waals surface area contributed by atoms with E-state index in [9.17, 15) is 9.90 Å². The smallest absolute Gasteiger partial charge is 0.306 e. The number of aliphatic hydroxyl groups is 1. The largest absolute Gasteiger partial charge is 0.481 e. The van der Waals surface area contributed by atoms with E-state index in [2.05, 4.69) is 4.98 Å². The van der Waals surface area contributed by atoms with Crippen LogP contribution in [0.3, 0.4) is 0 Å². The van der Waals surface area contributed by atoms with Crippen molar-refractivity contribution in [3.8, 4) is 5.75 Å². The minimum atomic E-state index is -0.993. The summed E-state index contributed by atoms with van der Waals surface area (Å²) in [6.07, 6.45) is 8.58. The summed E-state index contributed by atoms with van der Waals surface area (Å²) in [5.74, 6) is 1.16. The van der Waals surface area contributed by atoms with Gasteiger partial charge in [0.05, 0.1) is 12.0 Å². The maximum Gasteiger partial charge on any atom is 0.306 e. The molecule has 0 radical (unpaired) electrons. The van der Waals surface area contributed by atoms with E-state index >= 15 is 0 Å². The van der Waals surface area contributed by atoms with E-state index in [0.29, 0.717) is 24.7 Å². The molecule has 0 aromatic carbocycles. The number of nitrogens with zero attached hydrogens (tertiary/aromatic N) is 2. The average molecular weight is 334 g/mol. The Morgan fingerprint density at radius 2 is 1.75 bits per heavy atom. The molecule has 6 heteroatoms. The quantitative estimate of drug-likeness (QED) is 0.861. The van der Waals surface area contributed by atoms with Crippen LogP contribution in [0.15, 0.2) is 24.5 Å². The van der Waals surface area contributed by atoms with Gasteiger partial charge in [-0.05, 0) is 50.4 Å². The van der Waals surface area contributed by atoms with E-state index in [1.165, 1.54) is 0 Å². The molecule has 6 nitrogen and oxygen atoms in total. The van der Waals surface area contributed by atoms with Crippen molar-refractivity contribution in [3.05, 3.63) is 24.5 Å². The lowest BCUT2D eigenvalue weighted by Crippen LogP contribution is -2.41. The zero-order chi connectivity index (χ0) is 17.0. The Hall–Kier alpha value is -1.66. The van der Waals surface area contributed by atoms with E-state index in [1.807, 2.05) is 17.2 Å². The molecule has 0 bridgehead atoms. The molecule has 0 spiro atoms. The zero-order valence-electron chi connectivity index (χ0n) is 13.9. The second kappa shape index (κ2) is 7.49. The van der Waals surface area contributed by atoms with E-state index in [-0.39, 0.29) is 6.42 Å². The summed E-state index contributed by atoms with van der Waals surface area (Å²) in [7, 11) is 0. The first-order valence-corrected chi connectivity index (χ1v) is 8.81. The van der Waals surface area contributed by atoms with Crippen molar-refractivity contribution in [3.63, 3.8) is 0 Å². The van der Waals surface area contributed by atoms with Gasteiger partial charge in [0, 0.05) is 37.6 Å². The van der Waals surface area contributed by atoms with Crippen molar-refractivity contribution >= 4 is 5.97 Å². The molecule has 2 N–H and O–H groups in total. The lowest BCUT2D eigenvalue weighted by atomic mass is 9.70. The first kappa shape index (κ1) is 17.2. The van der Waals surface area contributed by atoms with Crippen LogP contribution in [0.25, 0.3) is 0 Å². The molecule has 0 amide bonds. The maximum atomic E-state index is 10.9. The number of piperidine rings is 1. The Labute approximate surface area is 142 Å². The molecule has 132 valence electrons. The number of rotatable bonds is 5. The number of hydrogen-bond donors (Lipinski definition) is 2.